The van der Waals surface area contributed by atoms with Gasteiger partial charge in [-0.3, -0.25) is 14.2 Å². The third-order valence-corrected chi connectivity index (χ3v) is 5.81. The van der Waals surface area contributed by atoms with Gasteiger partial charge in [-0.1, -0.05) is 6.07 Å². The van der Waals surface area contributed by atoms with Crippen LogP contribution in [0.25, 0.3) is 21.9 Å². The zero-order valence-electron chi connectivity index (χ0n) is 18.1. The summed E-state index contributed by atoms with van der Waals surface area (Å²) in [5.41, 5.74) is 6.87. The van der Waals surface area contributed by atoms with Gasteiger partial charge in [0.25, 0.3) is 0 Å². The van der Waals surface area contributed by atoms with E-state index in [2.05, 4.69) is 30.6 Å². The molecule has 0 saturated carbocycles. The molecule has 3 aromatic heterocycles. The van der Waals surface area contributed by atoms with Gasteiger partial charge in [-0.15, -0.1) is 0 Å². The molecule has 4 atom stereocenters. The lowest BCUT2D eigenvalue weighted by Crippen LogP contribution is -2.40. The molecule has 4 unspecified atom stereocenters. The zero-order valence-corrected chi connectivity index (χ0v) is 18.1. The molecular formula is C21H22N8O6. The molecule has 1 aromatic carbocycles. The number of H-pyrrole nitrogens is 1. The quantitative estimate of drug-likeness (QED) is 0.173. The van der Waals surface area contributed by atoms with Crippen LogP contribution in [0.3, 0.4) is 0 Å². The lowest BCUT2D eigenvalue weighted by Gasteiger charge is -2.16. The Bertz CT molecular complexity index is 1420. The highest BCUT2D eigenvalue weighted by Crippen LogP contribution is 2.32. The van der Waals surface area contributed by atoms with Gasteiger partial charge in [0.15, 0.2) is 23.6 Å². The van der Waals surface area contributed by atoms with E-state index in [4.69, 9.17) is 10.5 Å². The number of aromatic nitrogens is 5. The van der Waals surface area contributed by atoms with Gasteiger partial charge in [-0.05, 0) is 12.1 Å². The van der Waals surface area contributed by atoms with Crippen molar-refractivity contribution < 1.29 is 29.6 Å². The van der Waals surface area contributed by atoms with Crippen LogP contribution in [0.15, 0.2) is 37.1 Å². The fourth-order valence-corrected chi connectivity index (χ4v) is 4.06. The van der Waals surface area contributed by atoms with Crippen LogP contribution in [0.2, 0.25) is 0 Å². The number of aliphatic hydroxyl groups is 2. The average Bonchev–Trinajstić information content (AvgIpc) is 3.50. The number of carbonyl (C=O) groups excluding carboxylic acids is 2. The number of benzene rings is 1. The number of fused-ring (bicyclic) bond motifs is 2. The molecule has 1 saturated heterocycles. The molecule has 8 N–H and O–H groups in total. The largest absolute Gasteiger partial charge is 0.494 e. The molecule has 0 spiro atoms. The van der Waals surface area contributed by atoms with Crippen LogP contribution >= 0.6 is 0 Å². The first-order valence-electron chi connectivity index (χ1n) is 10.6. The first-order chi connectivity index (χ1) is 16.8. The number of nitrogen functional groups attached to an aromatic ring is 1. The molecule has 4 heterocycles. The minimum absolute atomic E-state index is 0.0240. The normalized spacial score (nSPS) is 22.0. The Morgan fingerprint density at radius 2 is 1.97 bits per heavy atom. The summed E-state index contributed by atoms with van der Waals surface area (Å²) >= 11 is 0. The first-order valence-corrected chi connectivity index (χ1v) is 10.6. The number of nitrogens with one attached hydrogen (secondary N) is 3. The number of amides is 2. The Labute approximate surface area is 196 Å². The van der Waals surface area contributed by atoms with Crippen LogP contribution in [0, 0.1) is 0 Å². The van der Waals surface area contributed by atoms with Gasteiger partial charge >= 0.3 is 0 Å². The molecule has 4 aromatic rings. The molecule has 1 aliphatic heterocycles. The number of imidazole rings is 1. The number of hydrogen-bond acceptors (Lipinski definition) is 10. The van der Waals surface area contributed by atoms with E-state index < -0.39 is 42.8 Å². The maximum absolute atomic E-state index is 12.3. The fraction of sp³-hybridized carbons (Fsp3) is 0.286. The van der Waals surface area contributed by atoms with Crippen LogP contribution in [0.1, 0.15) is 12.6 Å². The van der Waals surface area contributed by atoms with Gasteiger partial charge in [0.1, 0.15) is 36.6 Å². The topological polar surface area (TPSA) is 214 Å². The van der Waals surface area contributed by atoms with Gasteiger partial charge in [0.05, 0.1) is 12.0 Å². The lowest BCUT2D eigenvalue weighted by molar-refractivity contribution is -0.127. The predicted octanol–water partition coefficient (Wildman–Crippen LogP) is -0.640. The Balaban J connectivity index is 1.19. The van der Waals surface area contributed by atoms with Crippen molar-refractivity contribution in [3.05, 3.63) is 37.1 Å². The summed E-state index contributed by atoms with van der Waals surface area (Å²) in [6, 6.07) is 5.00. The molecule has 1 fully saturated rings. The summed E-state index contributed by atoms with van der Waals surface area (Å²) in [5, 5.41) is 37.0. The molecule has 14 nitrogen and oxygen atoms in total. The molecule has 35 heavy (non-hydrogen) atoms. The van der Waals surface area contributed by atoms with Crippen LogP contribution in [-0.4, -0.2) is 76.5 Å². The summed E-state index contributed by atoms with van der Waals surface area (Å²) in [4.78, 5) is 39.4. The number of carbonyl (C=O) groups is 2. The number of nitrogens with two attached hydrogens (primary N) is 1. The van der Waals surface area contributed by atoms with Crippen LogP contribution in [-0.2, 0) is 14.3 Å². The molecule has 182 valence electrons. The third-order valence-electron chi connectivity index (χ3n) is 5.81. The van der Waals surface area contributed by atoms with Crippen molar-refractivity contribution in [1.82, 2.24) is 29.8 Å². The van der Waals surface area contributed by atoms with Crippen molar-refractivity contribution >= 4 is 45.3 Å². The molecular weight excluding hydrogens is 460 g/mol. The standard InChI is InChI=1S/C21H22N8O6/c22-18-15-19(26-7-25-18)29(8-27-15)21-17(33)16(32)12(35-21)6-23-13(30)4-14(31)28-11-3-1-2-9-10(11)5-24-20(9)34/h1-3,5,7-8,12,16-17,21,24,32-34H,4,6H2,(H,23,30)(H,28,31)(H2,22,25,26). The molecule has 0 aliphatic carbocycles. The third kappa shape index (κ3) is 4.09. The van der Waals surface area contributed by atoms with E-state index in [1.54, 1.807) is 24.4 Å². The van der Waals surface area contributed by atoms with Crippen molar-refractivity contribution in [2.45, 2.75) is 31.0 Å². The lowest BCUT2D eigenvalue weighted by atomic mass is 10.1. The van der Waals surface area contributed by atoms with E-state index in [1.165, 1.54) is 17.2 Å². The molecule has 14 heteroatoms. The number of aromatic hydroxyl groups is 1. The molecule has 0 radical (unpaired) electrons. The second kappa shape index (κ2) is 8.83. The van der Waals surface area contributed by atoms with E-state index in [0.717, 1.165) is 0 Å². The predicted molar refractivity (Wildman–Crippen MR) is 122 cm³/mol. The Hall–Kier alpha value is -4.27. The summed E-state index contributed by atoms with van der Waals surface area (Å²) in [6.07, 6.45) is -0.934. The summed E-state index contributed by atoms with van der Waals surface area (Å²) in [5.74, 6) is -1.03. The van der Waals surface area contributed by atoms with E-state index in [0.29, 0.717) is 27.6 Å². The van der Waals surface area contributed by atoms with E-state index in [9.17, 15) is 24.9 Å². The molecule has 5 rings (SSSR count). The monoisotopic (exact) mass is 482 g/mol. The highest BCUT2D eigenvalue weighted by atomic mass is 16.6. The van der Waals surface area contributed by atoms with Gasteiger partial charge in [0, 0.05) is 23.5 Å². The number of anilines is 2. The first kappa shape index (κ1) is 22.5. The second-order valence-corrected chi connectivity index (χ2v) is 8.06. The van der Waals surface area contributed by atoms with Crippen LogP contribution in [0.4, 0.5) is 11.5 Å². The number of ether oxygens (including phenoxy) is 1. The Morgan fingerprint density at radius 3 is 2.80 bits per heavy atom. The van der Waals surface area contributed by atoms with Gasteiger partial charge in [-0.2, -0.15) is 0 Å². The van der Waals surface area contributed by atoms with Crippen molar-refractivity contribution in [2.75, 3.05) is 17.6 Å². The summed E-state index contributed by atoms with van der Waals surface area (Å²) in [6.45, 7) is -0.147. The minimum Gasteiger partial charge on any atom is -0.494 e. The minimum atomic E-state index is -1.33. The van der Waals surface area contributed by atoms with E-state index in [-0.39, 0.29) is 18.2 Å². The highest BCUT2D eigenvalue weighted by Gasteiger charge is 2.44. The molecule has 1 aliphatic rings. The zero-order chi connectivity index (χ0) is 24.7. The Morgan fingerprint density at radius 1 is 1.14 bits per heavy atom. The SMILES string of the molecule is Nc1ncnc2c1ncn2C1OC(CNC(=O)CC(=O)Nc2cccc3c(O)[nH]cc23)C(O)C1O. The van der Waals surface area contributed by atoms with Crippen molar-refractivity contribution in [2.24, 2.45) is 0 Å². The Kier molecular flexibility index (Phi) is 5.68. The van der Waals surface area contributed by atoms with Crippen LogP contribution in [0.5, 0.6) is 5.88 Å². The van der Waals surface area contributed by atoms with E-state index in [1.807, 2.05) is 0 Å². The smallest absolute Gasteiger partial charge is 0.233 e. The number of aromatic amines is 1. The number of hydrogen-bond donors (Lipinski definition) is 7. The number of aliphatic hydroxyl groups excluding tert-OH is 2. The molecule has 2 amide bonds. The highest BCUT2D eigenvalue weighted by molar-refractivity contribution is 6.08. The summed E-state index contributed by atoms with van der Waals surface area (Å²) < 4.78 is 7.19. The number of nitrogens with zero attached hydrogens (tertiary/aromatic N) is 4. The van der Waals surface area contributed by atoms with E-state index >= 15 is 0 Å². The van der Waals surface area contributed by atoms with Gasteiger partial charge < -0.3 is 41.4 Å². The molecule has 0 bridgehead atoms. The average molecular weight is 482 g/mol. The van der Waals surface area contributed by atoms with Crippen molar-refractivity contribution in [3.63, 3.8) is 0 Å². The van der Waals surface area contributed by atoms with Crippen molar-refractivity contribution in [3.8, 4) is 5.88 Å². The maximum Gasteiger partial charge on any atom is 0.233 e. The maximum atomic E-state index is 12.3. The van der Waals surface area contributed by atoms with Gasteiger partial charge in [-0.25, -0.2) is 15.0 Å². The van der Waals surface area contributed by atoms with Crippen LogP contribution < -0.4 is 16.4 Å². The number of rotatable bonds is 6. The summed E-state index contributed by atoms with van der Waals surface area (Å²) in [7, 11) is 0. The fourth-order valence-electron chi connectivity index (χ4n) is 4.06. The van der Waals surface area contributed by atoms with Crippen molar-refractivity contribution in [1.29, 1.82) is 0 Å². The van der Waals surface area contributed by atoms with Gasteiger partial charge in [0.2, 0.25) is 11.8 Å². The second-order valence-electron chi connectivity index (χ2n) is 8.06.